The van der Waals surface area contributed by atoms with E-state index in [9.17, 15) is 33.8 Å². The number of carboxylic acids is 1. The minimum absolute atomic E-state index is 0.0133. The van der Waals surface area contributed by atoms with Crippen molar-refractivity contribution in [1.82, 2.24) is 19.6 Å². The molecule has 1 aliphatic carbocycles. The summed E-state index contributed by atoms with van der Waals surface area (Å²) >= 11 is 0. The molecule has 3 N–H and O–H groups in total. The number of amides is 1. The summed E-state index contributed by atoms with van der Waals surface area (Å²) in [6.07, 6.45) is 4.34. The molecular weight excluding hydrogens is 701 g/mol. The molecule has 2 saturated heterocycles. The van der Waals surface area contributed by atoms with E-state index in [0.717, 1.165) is 12.1 Å². The summed E-state index contributed by atoms with van der Waals surface area (Å²) in [6.45, 7) is -0.652. The van der Waals surface area contributed by atoms with E-state index in [4.69, 9.17) is 18.7 Å². The van der Waals surface area contributed by atoms with Gasteiger partial charge in [0.2, 0.25) is 5.43 Å². The van der Waals surface area contributed by atoms with Crippen molar-refractivity contribution < 1.29 is 56.6 Å². The fourth-order valence-corrected chi connectivity index (χ4v) is 7.76. The van der Waals surface area contributed by atoms with Gasteiger partial charge in [-0.15, -0.1) is 5.10 Å². The predicted octanol–water partition coefficient (Wildman–Crippen LogP) is 2.83. The number of halogens is 2. The first-order chi connectivity index (χ1) is 24.3. The van der Waals surface area contributed by atoms with E-state index < -0.39 is 66.9 Å². The van der Waals surface area contributed by atoms with Crippen LogP contribution in [0.25, 0.3) is 10.9 Å². The molecule has 2 aromatic heterocycles. The molecule has 0 unspecified atom stereocenters. The molecule has 8 rings (SSSR count). The van der Waals surface area contributed by atoms with Crippen molar-refractivity contribution in [1.29, 1.82) is 0 Å². The van der Waals surface area contributed by atoms with Crippen molar-refractivity contribution in [3.05, 3.63) is 70.3 Å². The van der Waals surface area contributed by atoms with Gasteiger partial charge in [-0.2, -0.15) is 0 Å². The monoisotopic (exact) mass is 730 g/mol. The number of ether oxygens (including phenoxy) is 3. The lowest BCUT2D eigenvalue weighted by atomic mass is 10.0. The van der Waals surface area contributed by atoms with Crippen LogP contribution < -0.4 is 24.7 Å². The van der Waals surface area contributed by atoms with Crippen LogP contribution in [0.5, 0.6) is 11.5 Å². The van der Waals surface area contributed by atoms with Crippen LogP contribution in [0.1, 0.15) is 35.7 Å². The molecule has 51 heavy (non-hydrogen) atoms. The number of phosphoric acid groups is 1. The SMILES string of the molecule is O=C(O)c1cn(C2CC2)c2c3c(c(F)cc2c1=O)N1C[C@@](COc2ccc(N4C[C@@H](Cn5ccnn5)OC4=O)cc2F)(OP(=O)(O)O)C[C@H]1CO3. The minimum atomic E-state index is -5.20. The Kier molecular flexibility index (Phi) is 7.78. The Hall–Kier alpha value is -5.10. The maximum Gasteiger partial charge on any atom is 0.470 e. The summed E-state index contributed by atoms with van der Waals surface area (Å²) in [5.41, 5.74) is -2.89. The van der Waals surface area contributed by atoms with Gasteiger partial charge in [-0.1, -0.05) is 5.21 Å². The van der Waals surface area contributed by atoms with Gasteiger partial charge in [0, 0.05) is 30.9 Å². The maximum atomic E-state index is 16.0. The quantitative estimate of drug-likeness (QED) is 0.201. The molecule has 5 heterocycles. The third-order valence-electron chi connectivity index (χ3n) is 9.35. The Balaban J connectivity index is 1.07. The number of nitrogens with zero attached hydrogens (tertiary/aromatic N) is 6. The second kappa shape index (κ2) is 12.0. The average molecular weight is 731 g/mol. The van der Waals surface area contributed by atoms with E-state index in [0.29, 0.717) is 12.8 Å². The van der Waals surface area contributed by atoms with E-state index >= 15 is 8.78 Å². The van der Waals surface area contributed by atoms with Crippen LogP contribution >= 0.6 is 7.82 Å². The van der Waals surface area contributed by atoms with Crippen LogP contribution in [-0.2, 0) is 20.4 Å². The highest BCUT2D eigenvalue weighted by Crippen LogP contribution is 2.52. The molecule has 4 aromatic rings. The molecule has 2 aromatic carbocycles. The van der Waals surface area contributed by atoms with E-state index in [1.165, 1.54) is 39.0 Å². The normalized spacial score (nSPS) is 22.9. The maximum absolute atomic E-state index is 16.0. The van der Waals surface area contributed by atoms with Crippen molar-refractivity contribution >= 4 is 42.2 Å². The third-order valence-corrected chi connectivity index (χ3v) is 9.98. The van der Waals surface area contributed by atoms with Gasteiger partial charge in [-0.25, -0.2) is 27.6 Å². The summed E-state index contributed by atoms with van der Waals surface area (Å²) in [6, 6.07) is 3.86. The fraction of sp³-hybridized carbons (Fsp3) is 0.387. The Labute approximate surface area is 285 Å². The highest BCUT2D eigenvalue weighted by molar-refractivity contribution is 7.46. The summed E-state index contributed by atoms with van der Waals surface area (Å²) in [7, 11) is -5.20. The Morgan fingerprint density at radius 2 is 1.94 bits per heavy atom. The molecule has 17 nitrogen and oxygen atoms in total. The Morgan fingerprint density at radius 3 is 2.63 bits per heavy atom. The zero-order chi connectivity index (χ0) is 35.8. The summed E-state index contributed by atoms with van der Waals surface area (Å²) in [5, 5.41) is 17.0. The fourth-order valence-electron chi connectivity index (χ4n) is 7.07. The summed E-state index contributed by atoms with van der Waals surface area (Å²) in [5.74, 6) is -3.57. The minimum Gasteiger partial charge on any atom is -0.487 e. The zero-order valence-corrected chi connectivity index (χ0v) is 27.3. The van der Waals surface area contributed by atoms with Crippen LogP contribution in [0, 0.1) is 11.6 Å². The van der Waals surface area contributed by atoms with E-state index in [-0.39, 0.29) is 72.5 Å². The van der Waals surface area contributed by atoms with Crippen molar-refractivity contribution in [2.24, 2.45) is 0 Å². The number of hydrogen-bond acceptors (Lipinski definition) is 11. The molecule has 3 fully saturated rings. The number of rotatable bonds is 10. The number of phosphoric ester groups is 1. The number of benzene rings is 2. The number of anilines is 2. The molecule has 0 radical (unpaired) electrons. The Bertz CT molecular complexity index is 2190. The first-order valence-corrected chi connectivity index (χ1v) is 17.4. The molecule has 0 spiro atoms. The average Bonchev–Trinajstić information content (AvgIpc) is 3.47. The molecule has 3 atom stereocenters. The second-order valence-corrected chi connectivity index (χ2v) is 14.1. The number of fused-ring (bicyclic) bond motifs is 5. The molecule has 1 saturated carbocycles. The third kappa shape index (κ3) is 6.05. The summed E-state index contributed by atoms with van der Waals surface area (Å²) in [4.78, 5) is 60.0. The molecule has 3 aliphatic heterocycles. The lowest BCUT2D eigenvalue weighted by Crippen LogP contribution is -2.42. The van der Waals surface area contributed by atoms with Gasteiger partial charge in [0.1, 0.15) is 36.2 Å². The molecule has 20 heteroatoms. The number of carbonyl (C=O) groups excluding carboxylic acids is 1. The van der Waals surface area contributed by atoms with Gasteiger partial charge >= 0.3 is 19.9 Å². The molecule has 4 aliphatic rings. The van der Waals surface area contributed by atoms with Crippen LogP contribution in [0.4, 0.5) is 25.0 Å². The number of pyridine rings is 1. The van der Waals surface area contributed by atoms with Gasteiger partial charge in [-0.05, 0) is 31.0 Å². The standard InChI is InChI=1S/C31H29F2N6O11P/c32-22-7-17(38-11-19(49-30(38)43)10-36-6-5-34-35-36)3-4-24(22)48-15-31(50-51(44,45)46)9-18-13-47-28-25-20(8-23(33)26(28)39(18)14-31)27(40)21(29(41)42)12-37(25)16-1-2-16/h3-8,12,16,18-19H,1-2,9-11,13-15H2,(H,41,42)(H2,44,45,46)/t18-,19+,31-/m0/s1. The van der Waals surface area contributed by atoms with Crippen molar-refractivity contribution in [2.45, 2.75) is 49.6 Å². The largest absolute Gasteiger partial charge is 0.487 e. The second-order valence-electron chi connectivity index (χ2n) is 13.0. The molecular formula is C31H29F2N6O11P. The number of aromatic nitrogens is 4. The predicted molar refractivity (Wildman–Crippen MR) is 170 cm³/mol. The van der Waals surface area contributed by atoms with Crippen LogP contribution in [0.15, 0.2) is 47.7 Å². The van der Waals surface area contributed by atoms with Gasteiger partial charge in [0.15, 0.2) is 23.1 Å². The van der Waals surface area contributed by atoms with Crippen LogP contribution in [-0.4, -0.2) is 90.6 Å². The van der Waals surface area contributed by atoms with E-state index in [2.05, 4.69) is 10.3 Å². The molecule has 268 valence electrons. The van der Waals surface area contributed by atoms with Gasteiger partial charge in [-0.3, -0.25) is 14.2 Å². The molecule has 1 amide bonds. The van der Waals surface area contributed by atoms with Crippen molar-refractivity contribution in [3.63, 3.8) is 0 Å². The van der Waals surface area contributed by atoms with Gasteiger partial charge in [0.05, 0.1) is 48.5 Å². The highest BCUT2D eigenvalue weighted by Gasteiger charge is 2.53. The number of cyclic esters (lactones) is 1. The number of carbonyl (C=O) groups is 2. The summed E-state index contributed by atoms with van der Waals surface area (Å²) < 4.78 is 69.2. The van der Waals surface area contributed by atoms with Crippen LogP contribution in [0.2, 0.25) is 0 Å². The topological polar surface area (TPSA) is 208 Å². The smallest absolute Gasteiger partial charge is 0.470 e. The number of aromatic carboxylic acids is 1. The number of hydrogen-bond donors (Lipinski definition) is 3. The van der Waals surface area contributed by atoms with Gasteiger partial charge < -0.3 is 38.6 Å². The van der Waals surface area contributed by atoms with Crippen molar-refractivity contribution in [2.75, 3.05) is 36.1 Å². The van der Waals surface area contributed by atoms with E-state index in [1.54, 1.807) is 10.8 Å². The van der Waals surface area contributed by atoms with Crippen molar-refractivity contribution in [3.8, 4) is 11.5 Å². The molecule has 0 bridgehead atoms. The first-order valence-electron chi connectivity index (χ1n) is 15.8. The van der Waals surface area contributed by atoms with Gasteiger partial charge in [0.25, 0.3) is 0 Å². The first kappa shape index (κ1) is 33.1. The highest BCUT2D eigenvalue weighted by atomic mass is 31.2. The Morgan fingerprint density at radius 1 is 1.14 bits per heavy atom. The lowest BCUT2D eigenvalue weighted by Gasteiger charge is -2.35. The number of carboxylic acid groups (broad SMARTS) is 1. The van der Waals surface area contributed by atoms with E-state index in [1.807, 2.05) is 0 Å². The van der Waals surface area contributed by atoms with Crippen LogP contribution in [0.3, 0.4) is 0 Å². The zero-order valence-electron chi connectivity index (χ0n) is 26.4. The lowest BCUT2D eigenvalue weighted by molar-refractivity contribution is 0.00780.